The molecule has 0 aliphatic carbocycles. The van der Waals surface area contributed by atoms with Gasteiger partial charge in [0, 0.05) is 17.6 Å². The molecule has 0 spiro atoms. The van der Waals surface area contributed by atoms with E-state index in [2.05, 4.69) is 11.4 Å². The molecule has 15 heavy (non-hydrogen) atoms. The zero-order valence-electron chi connectivity index (χ0n) is 8.63. The number of nitrogens with two attached hydrogens (primary N) is 1. The molecule has 1 atom stereocenters. The normalized spacial score (nSPS) is 11.9. The molecule has 1 unspecified atom stereocenters. The number of benzene rings is 1. The second-order valence-corrected chi connectivity index (χ2v) is 3.93. The van der Waals surface area contributed by atoms with Crippen LogP contribution in [0.5, 0.6) is 0 Å². The minimum atomic E-state index is 0.155. The van der Waals surface area contributed by atoms with Crippen molar-refractivity contribution in [2.75, 3.05) is 11.9 Å². The average molecular weight is 224 g/mol. The van der Waals surface area contributed by atoms with E-state index in [0.717, 1.165) is 18.7 Å². The molecule has 0 aliphatic heterocycles. The van der Waals surface area contributed by atoms with Crippen LogP contribution in [0.4, 0.5) is 5.69 Å². The first kappa shape index (κ1) is 11.8. The Bertz CT molecular complexity index is 369. The van der Waals surface area contributed by atoms with Crippen LogP contribution in [0.1, 0.15) is 18.9 Å². The summed E-state index contributed by atoms with van der Waals surface area (Å²) >= 11 is 5.84. The predicted molar refractivity (Wildman–Crippen MR) is 62.9 cm³/mol. The highest BCUT2D eigenvalue weighted by Gasteiger charge is 2.02. The number of rotatable bonds is 4. The SMILES string of the molecule is CC(N)CCNc1cc(Cl)ccc1C#N. The van der Waals surface area contributed by atoms with Gasteiger partial charge in [-0.1, -0.05) is 11.6 Å². The molecule has 0 amide bonds. The zero-order valence-corrected chi connectivity index (χ0v) is 9.38. The fourth-order valence-corrected chi connectivity index (χ4v) is 1.37. The van der Waals surface area contributed by atoms with Gasteiger partial charge in [0.1, 0.15) is 6.07 Å². The first-order chi connectivity index (χ1) is 7.13. The van der Waals surface area contributed by atoms with Gasteiger partial charge in [-0.25, -0.2) is 0 Å². The largest absolute Gasteiger partial charge is 0.384 e. The van der Waals surface area contributed by atoms with E-state index in [-0.39, 0.29) is 6.04 Å². The quantitative estimate of drug-likeness (QED) is 0.824. The number of halogens is 1. The van der Waals surface area contributed by atoms with E-state index in [1.165, 1.54) is 0 Å². The molecule has 1 aromatic carbocycles. The van der Waals surface area contributed by atoms with Gasteiger partial charge in [0.05, 0.1) is 11.3 Å². The molecule has 0 saturated carbocycles. The highest BCUT2D eigenvalue weighted by atomic mass is 35.5. The van der Waals surface area contributed by atoms with E-state index < -0.39 is 0 Å². The smallest absolute Gasteiger partial charge is 0.101 e. The minimum absolute atomic E-state index is 0.155. The van der Waals surface area contributed by atoms with Crippen LogP contribution >= 0.6 is 11.6 Å². The maximum Gasteiger partial charge on any atom is 0.101 e. The summed E-state index contributed by atoms with van der Waals surface area (Å²) in [6.45, 7) is 2.69. The van der Waals surface area contributed by atoms with Gasteiger partial charge in [-0.15, -0.1) is 0 Å². The van der Waals surface area contributed by atoms with Crippen molar-refractivity contribution in [1.29, 1.82) is 5.26 Å². The van der Waals surface area contributed by atoms with Gasteiger partial charge in [0.15, 0.2) is 0 Å². The summed E-state index contributed by atoms with van der Waals surface area (Å²) in [6.07, 6.45) is 0.859. The molecule has 0 aromatic heterocycles. The summed E-state index contributed by atoms with van der Waals surface area (Å²) in [4.78, 5) is 0. The van der Waals surface area contributed by atoms with Gasteiger partial charge in [-0.3, -0.25) is 0 Å². The van der Waals surface area contributed by atoms with E-state index >= 15 is 0 Å². The lowest BCUT2D eigenvalue weighted by molar-refractivity contribution is 0.690. The molecule has 0 fully saturated rings. The second-order valence-electron chi connectivity index (χ2n) is 3.49. The number of hydrogen-bond donors (Lipinski definition) is 2. The number of nitrogens with one attached hydrogen (secondary N) is 1. The Morgan fingerprint density at radius 2 is 2.33 bits per heavy atom. The van der Waals surface area contributed by atoms with Crippen molar-refractivity contribution in [2.24, 2.45) is 5.73 Å². The molecule has 0 bridgehead atoms. The summed E-state index contributed by atoms with van der Waals surface area (Å²) < 4.78 is 0. The maximum absolute atomic E-state index is 8.86. The van der Waals surface area contributed by atoms with Gasteiger partial charge in [0.2, 0.25) is 0 Å². The van der Waals surface area contributed by atoms with E-state index in [1.54, 1.807) is 18.2 Å². The molecule has 0 saturated heterocycles. The molecular weight excluding hydrogens is 210 g/mol. The van der Waals surface area contributed by atoms with Crippen LogP contribution in [0, 0.1) is 11.3 Å². The summed E-state index contributed by atoms with van der Waals surface area (Å²) in [5, 5.41) is 12.6. The Morgan fingerprint density at radius 3 is 2.93 bits per heavy atom. The lowest BCUT2D eigenvalue weighted by atomic mass is 10.2. The highest BCUT2D eigenvalue weighted by Crippen LogP contribution is 2.20. The standard InChI is InChI=1S/C11H14ClN3/c1-8(14)4-5-15-11-6-10(12)3-2-9(11)7-13/h2-3,6,8,15H,4-5,14H2,1H3. The molecule has 3 N–H and O–H groups in total. The third-order valence-electron chi connectivity index (χ3n) is 2.02. The highest BCUT2D eigenvalue weighted by molar-refractivity contribution is 6.30. The van der Waals surface area contributed by atoms with Crippen LogP contribution in [0.25, 0.3) is 0 Å². The van der Waals surface area contributed by atoms with E-state index in [9.17, 15) is 0 Å². The van der Waals surface area contributed by atoms with Gasteiger partial charge >= 0.3 is 0 Å². The first-order valence-electron chi connectivity index (χ1n) is 4.82. The van der Waals surface area contributed by atoms with E-state index in [0.29, 0.717) is 10.6 Å². The van der Waals surface area contributed by atoms with Gasteiger partial charge in [-0.2, -0.15) is 5.26 Å². The van der Waals surface area contributed by atoms with Crippen molar-refractivity contribution in [3.63, 3.8) is 0 Å². The molecule has 0 aliphatic rings. The Labute approximate surface area is 94.8 Å². The minimum Gasteiger partial charge on any atom is -0.384 e. The van der Waals surface area contributed by atoms with Crippen molar-refractivity contribution in [3.8, 4) is 6.07 Å². The first-order valence-corrected chi connectivity index (χ1v) is 5.20. The van der Waals surface area contributed by atoms with Gasteiger partial charge < -0.3 is 11.1 Å². The fraction of sp³-hybridized carbons (Fsp3) is 0.364. The van der Waals surface area contributed by atoms with E-state index in [4.69, 9.17) is 22.6 Å². The number of nitrogens with zero attached hydrogens (tertiary/aromatic N) is 1. The molecule has 80 valence electrons. The third-order valence-corrected chi connectivity index (χ3v) is 2.25. The van der Waals surface area contributed by atoms with Gasteiger partial charge in [0.25, 0.3) is 0 Å². The molecule has 1 rings (SSSR count). The van der Waals surface area contributed by atoms with Crippen LogP contribution in [0.3, 0.4) is 0 Å². The van der Waals surface area contributed by atoms with Crippen molar-refractivity contribution in [1.82, 2.24) is 0 Å². The molecule has 4 heteroatoms. The Hall–Kier alpha value is -1.24. The number of nitriles is 1. The van der Waals surface area contributed by atoms with Crippen molar-refractivity contribution in [2.45, 2.75) is 19.4 Å². The van der Waals surface area contributed by atoms with Crippen LogP contribution in [-0.4, -0.2) is 12.6 Å². The fourth-order valence-electron chi connectivity index (χ4n) is 1.19. The number of hydrogen-bond acceptors (Lipinski definition) is 3. The Balaban J connectivity index is 2.67. The summed E-state index contributed by atoms with van der Waals surface area (Å²) in [5.74, 6) is 0. The predicted octanol–water partition coefficient (Wildman–Crippen LogP) is 2.36. The lowest BCUT2D eigenvalue weighted by Crippen LogP contribution is -2.19. The van der Waals surface area contributed by atoms with Crippen molar-refractivity contribution < 1.29 is 0 Å². The van der Waals surface area contributed by atoms with Crippen LogP contribution in [0.2, 0.25) is 5.02 Å². The monoisotopic (exact) mass is 223 g/mol. The topological polar surface area (TPSA) is 61.8 Å². The molecule has 3 nitrogen and oxygen atoms in total. The van der Waals surface area contributed by atoms with Gasteiger partial charge in [-0.05, 0) is 31.5 Å². The maximum atomic E-state index is 8.86. The second kappa shape index (κ2) is 5.59. The molecule has 0 heterocycles. The van der Waals surface area contributed by atoms with E-state index in [1.807, 2.05) is 6.92 Å². The number of anilines is 1. The Morgan fingerprint density at radius 1 is 1.60 bits per heavy atom. The lowest BCUT2D eigenvalue weighted by Gasteiger charge is -2.09. The van der Waals surface area contributed by atoms with Crippen LogP contribution < -0.4 is 11.1 Å². The third kappa shape index (κ3) is 3.78. The molecular formula is C11H14ClN3. The van der Waals surface area contributed by atoms with Crippen LogP contribution in [0.15, 0.2) is 18.2 Å². The Kier molecular flexibility index (Phi) is 4.41. The average Bonchev–Trinajstić information content (AvgIpc) is 2.17. The summed E-state index contributed by atoms with van der Waals surface area (Å²) in [5.41, 5.74) is 7.00. The van der Waals surface area contributed by atoms with Crippen molar-refractivity contribution >= 4 is 17.3 Å². The summed E-state index contributed by atoms with van der Waals surface area (Å²) in [7, 11) is 0. The van der Waals surface area contributed by atoms with Crippen LogP contribution in [-0.2, 0) is 0 Å². The van der Waals surface area contributed by atoms with Crippen molar-refractivity contribution in [3.05, 3.63) is 28.8 Å². The molecule has 1 aromatic rings. The molecule has 0 radical (unpaired) electrons. The summed E-state index contributed by atoms with van der Waals surface area (Å²) in [6, 6.07) is 7.42. The zero-order chi connectivity index (χ0) is 11.3.